The molecule has 0 amide bonds. The number of benzene rings is 1. The van der Waals surface area contributed by atoms with Gasteiger partial charge in [0.05, 0.1) is 10.6 Å². The highest BCUT2D eigenvalue weighted by molar-refractivity contribution is 6.33. The molecule has 4 heteroatoms. The molecule has 0 aromatic heterocycles. The van der Waals surface area contributed by atoms with Crippen molar-refractivity contribution in [1.29, 1.82) is 0 Å². The van der Waals surface area contributed by atoms with Gasteiger partial charge in [0.1, 0.15) is 6.61 Å². The second-order valence-electron chi connectivity index (χ2n) is 4.15. The number of carbonyl (C=O) groups excluding carboxylic acids is 1. The van der Waals surface area contributed by atoms with Crippen LogP contribution in [-0.4, -0.2) is 37.1 Å². The highest BCUT2D eigenvalue weighted by atomic mass is 35.5. The Bertz CT molecular complexity index is 403. The molecule has 0 radical (unpaired) electrons. The lowest BCUT2D eigenvalue weighted by molar-refractivity contribution is 0.0466. The van der Waals surface area contributed by atoms with E-state index in [0.29, 0.717) is 17.2 Å². The average molecular weight is 270 g/mol. The second-order valence-corrected chi connectivity index (χ2v) is 4.55. The number of nitrogens with zero attached hydrogens (tertiary/aromatic N) is 1. The predicted molar refractivity (Wildman–Crippen MR) is 74.3 cm³/mol. The zero-order valence-electron chi connectivity index (χ0n) is 11.2. The maximum Gasteiger partial charge on any atom is 0.339 e. The molecule has 0 spiro atoms. The number of likely N-dealkylation sites (N-methyl/N-ethyl adjacent to an activating group) is 1. The quantitative estimate of drug-likeness (QED) is 0.743. The summed E-state index contributed by atoms with van der Waals surface area (Å²) in [5.74, 6) is -0.354. The van der Waals surface area contributed by atoms with E-state index in [1.165, 1.54) is 0 Å². The maximum atomic E-state index is 11.8. The molecule has 0 fully saturated rings. The van der Waals surface area contributed by atoms with Crippen molar-refractivity contribution >= 4 is 17.6 Å². The van der Waals surface area contributed by atoms with E-state index in [1.54, 1.807) is 12.1 Å². The Morgan fingerprint density at radius 1 is 1.33 bits per heavy atom. The Kier molecular flexibility index (Phi) is 6.16. The number of halogens is 1. The third kappa shape index (κ3) is 4.31. The molecule has 0 saturated carbocycles. The Morgan fingerprint density at radius 3 is 2.56 bits per heavy atom. The molecule has 0 atom stereocenters. The zero-order chi connectivity index (χ0) is 13.5. The number of aryl methyl sites for hydroxylation is 1. The highest BCUT2D eigenvalue weighted by Crippen LogP contribution is 2.18. The summed E-state index contributed by atoms with van der Waals surface area (Å²) in [7, 11) is 0. The van der Waals surface area contributed by atoms with Crippen LogP contribution in [0.3, 0.4) is 0 Å². The van der Waals surface area contributed by atoms with Crippen molar-refractivity contribution in [2.24, 2.45) is 0 Å². The molecule has 0 aliphatic heterocycles. The molecular weight excluding hydrogens is 250 g/mol. The lowest BCUT2D eigenvalue weighted by Crippen LogP contribution is -2.27. The minimum atomic E-state index is -0.354. The van der Waals surface area contributed by atoms with E-state index in [2.05, 4.69) is 18.7 Å². The number of ether oxygens (including phenoxy) is 1. The Hall–Kier alpha value is -1.06. The Labute approximate surface area is 114 Å². The normalized spacial score (nSPS) is 10.7. The Morgan fingerprint density at radius 2 is 2.00 bits per heavy atom. The predicted octanol–water partition coefficient (Wildman–Crippen LogP) is 3.15. The van der Waals surface area contributed by atoms with Crippen molar-refractivity contribution in [3.05, 3.63) is 34.3 Å². The van der Waals surface area contributed by atoms with E-state index in [1.807, 2.05) is 13.0 Å². The van der Waals surface area contributed by atoms with Gasteiger partial charge in [-0.3, -0.25) is 0 Å². The van der Waals surface area contributed by atoms with Crippen LogP contribution in [0.2, 0.25) is 5.02 Å². The van der Waals surface area contributed by atoms with Crippen molar-refractivity contribution in [2.45, 2.75) is 20.8 Å². The van der Waals surface area contributed by atoms with E-state index in [-0.39, 0.29) is 5.97 Å². The molecular formula is C14H20ClNO2. The second kappa shape index (κ2) is 7.39. The van der Waals surface area contributed by atoms with Gasteiger partial charge in [-0.05, 0) is 37.7 Å². The Balaban J connectivity index is 2.50. The maximum absolute atomic E-state index is 11.8. The van der Waals surface area contributed by atoms with Gasteiger partial charge in [0.15, 0.2) is 0 Å². The molecule has 1 aromatic rings. The van der Waals surface area contributed by atoms with Gasteiger partial charge in [-0.2, -0.15) is 0 Å². The largest absolute Gasteiger partial charge is 0.461 e. The summed E-state index contributed by atoms with van der Waals surface area (Å²) in [5.41, 5.74) is 1.46. The van der Waals surface area contributed by atoms with Crippen LogP contribution in [0.15, 0.2) is 18.2 Å². The fourth-order valence-corrected chi connectivity index (χ4v) is 1.98. The summed E-state index contributed by atoms with van der Waals surface area (Å²) in [6.07, 6.45) is 0. The molecule has 0 bridgehead atoms. The smallest absolute Gasteiger partial charge is 0.339 e. The first-order valence-corrected chi connectivity index (χ1v) is 6.61. The summed E-state index contributed by atoms with van der Waals surface area (Å²) in [4.78, 5) is 14.0. The zero-order valence-corrected chi connectivity index (χ0v) is 12.0. The molecule has 0 saturated heterocycles. The summed E-state index contributed by atoms with van der Waals surface area (Å²) in [6.45, 7) is 9.16. The third-order valence-corrected chi connectivity index (χ3v) is 3.19. The average Bonchev–Trinajstić information content (AvgIpc) is 2.34. The van der Waals surface area contributed by atoms with Crippen molar-refractivity contribution in [1.82, 2.24) is 4.90 Å². The summed E-state index contributed by atoms with van der Waals surface area (Å²) >= 11 is 6.01. The number of carbonyl (C=O) groups is 1. The third-order valence-electron chi connectivity index (χ3n) is 2.88. The highest BCUT2D eigenvalue weighted by Gasteiger charge is 2.12. The van der Waals surface area contributed by atoms with Crippen molar-refractivity contribution in [2.75, 3.05) is 26.2 Å². The molecule has 100 valence electrons. The van der Waals surface area contributed by atoms with Gasteiger partial charge in [0, 0.05) is 6.54 Å². The molecule has 0 unspecified atom stereocenters. The van der Waals surface area contributed by atoms with Crippen LogP contribution in [0, 0.1) is 6.92 Å². The molecule has 0 aliphatic carbocycles. The number of hydrogen-bond donors (Lipinski definition) is 0. The lowest BCUT2D eigenvalue weighted by atomic mass is 10.1. The fraction of sp³-hybridized carbons (Fsp3) is 0.500. The minimum Gasteiger partial charge on any atom is -0.461 e. The first kappa shape index (κ1) is 15.0. The first-order chi connectivity index (χ1) is 8.58. The van der Waals surface area contributed by atoms with Crippen LogP contribution in [0.25, 0.3) is 0 Å². The van der Waals surface area contributed by atoms with Crippen molar-refractivity contribution < 1.29 is 9.53 Å². The van der Waals surface area contributed by atoms with Gasteiger partial charge in [0.2, 0.25) is 0 Å². The fourth-order valence-electron chi connectivity index (χ4n) is 1.67. The summed E-state index contributed by atoms with van der Waals surface area (Å²) in [5, 5.41) is 0.447. The number of rotatable bonds is 6. The van der Waals surface area contributed by atoms with Crippen molar-refractivity contribution in [3.63, 3.8) is 0 Å². The van der Waals surface area contributed by atoms with Crippen LogP contribution < -0.4 is 0 Å². The van der Waals surface area contributed by atoms with Crippen LogP contribution in [0.4, 0.5) is 0 Å². The molecule has 1 rings (SSSR count). The lowest BCUT2D eigenvalue weighted by Gasteiger charge is -2.17. The van der Waals surface area contributed by atoms with Gasteiger partial charge in [0.25, 0.3) is 0 Å². The van der Waals surface area contributed by atoms with Crippen LogP contribution >= 0.6 is 11.6 Å². The molecule has 3 nitrogen and oxygen atoms in total. The van der Waals surface area contributed by atoms with Crippen molar-refractivity contribution in [3.8, 4) is 0 Å². The topological polar surface area (TPSA) is 29.5 Å². The van der Waals surface area contributed by atoms with E-state index in [9.17, 15) is 4.79 Å². The van der Waals surface area contributed by atoms with E-state index in [0.717, 1.165) is 25.2 Å². The monoisotopic (exact) mass is 269 g/mol. The van der Waals surface area contributed by atoms with Gasteiger partial charge < -0.3 is 9.64 Å². The van der Waals surface area contributed by atoms with E-state index < -0.39 is 0 Å². The van der Waals surface area contributed by atoms with Crippen LogP contribution in [-0.2, 0) is 4.74 Å². The number of hydrogen-bond acceptors (Lipinski definition) is 3. The summed E-state index contributed by atoms with van der Waals surface area (Å²) < 4.78 is 5.22. The molecule has 0 heterocycles. The van der Waals surface area contributed by atoms with Gasteiger partial charge in [-0.1, -0.05) is 31.5 Å². The van der Waals surface area contributed by atoms with E-state index >= 15 is 0 Å². The minimum absolute atomic E-state index is 0.354. The van der Waals surface area contributed by atoms with Gasteiger partial charge >= 0.3 is 5.97 Å². The van der Waals surface area contributed by atoms with Gasteiger partial charge in [-0.15, -0.1) is 0 Å². The molecule has 0 aliphatic rings. The first-order valence-electron chi connectivity index (χ1n) is 6.24. The van der Waals surface area contributed by atoms with E-state index in [4.69, 9.17) is 16.3 Å². The molecule has 1 aromatic carbocycles. The van der Waals surface area contributed by atoms with Crippen LogP contribution in [0.5, 0.6) is 0 Å². The summed E-state index contributed by atoms with van der Waals surface area (Å²) in [6, 6.07) is 5.33. The standard InChI is InChI=1S/C14H20ClNO2/c1-4-16(5-2)8-9-18-14(17)12-7-6-11(3)10-13(12)15/h6-7,10H,4-5,8-9H2,1-3H3. The van der Waals surface area contributed by atoms with Gasteiger partial charge in [-0.25, -0.2) is 4.79 Å². The SMILES string of the molecule is CCN(CC)CCOC(=O)c1ccc(C)cc1Cl. The van der Waals surface area contributed by atoms with Crippen LogP contribution in [0.1, 0.15) is 29.8 Å². The number of esters is 1. The molecule has 0 N–H and O–H groups in total. The molecule has 18 heavy (non-hydrogen) atoms.